The number of aliphatic hydroxyl groups excluding tert-OH is 3. The third kappa shape index (κ3) is 8.01. The van der Waals surface area contributed by atoms with E-state index >= 15 is 0 Å². The van der Waals surface area contributed by atoms with E-state index < -0.39 is 113 Å². The standard InChI is InChI=1S/C37H51NO13.2Ac/c1-17(2)25(38-33(45)49-18(3)4)27(41)32(44)50-21-15-37(47)30(51-31(43)20-12-10-9-11-13-20)28-35(8,22(39)14-23-36(28,46)16-48-23)29(42)26(40)24(19(21)5)34(37,6)7;;/h9-13,17-18,21-23,25-28,30,39-41,46-47H,14-16H2,1-8H3,(H,38,45);;/t21?,22-,23+,25-,26+,27+,28-,30-,35+,36-,37+;;/m0../s1. The second kappa shape index (κ2) is 17.1. The Hall–Kier alpha value is -0.517. The van der Waals surface area contributed by atoms with E-state index in [9.17, 15) is 44.7 Å². The number of carbonyl (C=O) groups excluding carboxylic acids is 4. The minimum Gasteiger partial charge on any atom is -0.456 e. The summed E-state index contributed by atoms with van der Waals surface area (Å²) in [5.74, 6) is -4.93. The average Bonchev–Trinajstić information content (AvgIpc) is 3.05. The van der Waals surface area contributed by atoms with Gasteiger partial charge in [-0.2, -0.15) is 0 Å². The first-order chi connectivity index (χ1) is 23.6. The van der Waals surface area contributed by atoms with Crippen molar-refractivity contribution < 1.29 is 152 Å². The molecule has 11 atom stereocenters. The van der Waals surface area contributed by atoms with Gasteiger partial charge in [-0.1, -0.05) is 45.9 Å². The fourth-order valence-corrected chi connectivity index (χ4v) is 8.73. The number of rotatable bonds is 8. The van der Waals surface area contributed by atoms with Gasteiger partial charge in [0.1, 0.15) is 29.5 Å². The summed E-state index contributed by atoms with van der Waals surface area (Å²) >= 11 is 0. The molecule has 6 N–H and O–H groups in total. The van der Waals surface area contributed by atoms with Crippen LogP contribution in [0.15, 0.2) is 41.5 Å². The molecule has 3 aliphatic carbocycles. The van der Waals surface area contributed by atoms with Gasteiger partial charge in [0.05, 0.1) is 41.9 Å². The fourth-order valence-electron chi connectivity index (χ4n) is 8.73. The second-order valence-electron chi connectivity index (χ2n) is 15.9. The predicted octanol–water partition coefficient (Wildman–Crippen LogP) is 1.58. The second-order valence-corrected chi connectivity index (χ2v) is 15.9. The van der Waals surface area contributed by atoms with Crippen LogP contribution in [0.25, 0.3) is 0 Å². The summed E-state index contributed by atoms with van der Waals surface area (Å²) in [7, 11) is 0. The van der Waals surface area contributed by atoms with E-state index in [1.165, 1.54) is 26.0 Å². The number of Topliss-reactive ketones (excluding diaryl/α,β-unsaturated/α-hetero) is 1. The Bertz CT molecular complexity index is 1590. The van der Waals surface area contributed by atoms with Crippen LogP contribution in [-0.4, -0.2) is 116 Å². The molecule has 14 nitrogen and oxygen atoms in total. The largest absolute Gasteiger partial charge is 0.456 e. The van der Waals surface area contributed by atoms with Crippen molar-refractivity contribution in [3.8, 4) is 0 Å². The van der Waals surface area contributed by atoms with E-state index in [1.54, 1.807) is 59.7 Å². The van der Waals surface area contributed by atoms with E-state index in [0.717, 1.165) is 0 Å². The number of alkyl carbamates (subject to hydrolysis) is 1. The number of carbonyl (C=O) groups is 4. The molecule has 288 valence electrons. The first-order valence-electron chi connectivity index (χ1n) is 17.4. The Balaban J connectivity index is 0.00000378. The molecule has 3 fully saturated rings. The Kier molecular flexibility index (Phi) is 15.2. The molecule has 2 bridgehead atoms. The number of fused-ring (bicyclic) bond motifs is 5. The molecule has 5 rings (SSSR count). The number of hydrogen-bond acceptors (Lipinski definition) is 13. The maximum absolute atomic E-state index is 14.6. The number of hydrogen-bond donors (Lipinski definition) is 6. The van der Waals surface area contributed by atoms with Crippen molar-refractivity contribution in [2.45, 2.75) is 128 Å². The van der Waals surface area contributed by atoms with Crippen LogP contribution < -0.4 is 5.32 Å². The Morgan fingerprint density at radius 1 is 0.981 bits per heavy atom. The Labute approximate surface area is 381 Å². The number of nitrogens with one attached hydrogen (secondary N) is 1. The van der Waals surface area contributed by atoms with Gasteiger partial charge < -0.3 is 49.8 Å². The molecule has 2 radical (unpaired) electrons. The van der Waals surface area contributed by atoms with Crippen LogP contribution in [0.2, 0.25) is 0 Å². The number of aliphatic hydroxyl groups is 5. The number of amides is 1. The monoisotopic (exact) mass is 1170 g/mol. The topological polar surface area (TPSA) is 218 Å². The number of esters is 2. The predicted molar refractivity (Wildman–Crippen MR) is 179 cm³/mol. The number of ketones is 1. The minimum absolute atomic E-state index is 0. The molecule has 1 aromatic rings. The molecule has 0 aromatic heterocycles. The van der Waals surface area contributed by atoms with Crippen molar-refractivity contribution in [2.24, 2.45) is 22.7 Å². The van der Waals surface area contributed by atoms with E-state index in [4.69, 9.17) is 18.9 Å². The number of benzene rings is 1. The van der Waals surface area contributed by atoms with Crippen LogP contribution in [0.1, 0.15) is 78.6 Å². The van der Waals surface area contributed by atoms with Gasteiger partial charge in [-0.25, -0.2) is 14.4 Å². The van der Waals surface area contributed by atoms with E-state index in [0.29, 0.717) is 0 Å². The van der Waals surface area contributed by atoms with E-state index in [-0.39, 0.29) is 118 Å². The Morgan fingerprint density at radius 3 is 2.11 bits per heavy atom. The summed E-state index contributed by atoms with van der Waals surface area (Å²) in [6.07, 6.45) is -11.4. The molecule has 4 aliphatic rings. The quantitative estimate of drug-likeness (QED) is 0.124. The molecule has 16 heteroatoms. The summed E-state index contributed by atoms with van der Waals surface area (Å²) in [5, 5.41) is 62.5. The molecule has 1 saturated heterocycles. The molecule has 1 amide bonds. The fraction of sp³-hybridized carbons (Fsp3) is 0.676. The van der Waals surface area contributed by atoms with Crippen molar-refractivity contribution in [2.75, 3.05) is 6.61 Å². The molecule has 2 saturated carbocycles. The molecule has 53 heavy (non-hydrogen) atoms. The zero-order valence-electron chi connectivity index (χ0n) is 31.4. The van der Waals surface area contributed by atoms with Crippen molar-refractivity contribution in [1.29, 1.82) is 0 Å². The van der Waals surface area contributed by atoms with Gasteiger partial charge in [0.15, 0.2) is 11.9 Å². The molecular weight excluding hydrogens is 1120 g/mol. The SMILES string of the molecule is CC1=C2[C@@H](O)C(=O)[C@@]3(C)[C@H]([C@H](OC(=O)c4ccccc4)[C@](O)(CC1OC(=O)[C@H](O)[C@@H](NC(=O)OC(C)C)C(C)C)C2(C)C)[C@]1(O)CO[C@@H]1C[C@@H]3O.[Ac].[Ac]. The zero-order valence-corrected chi connectivity index (χ0v) is 40.9. The minimum atomic E-state index is -2.28. The number of ether oxygens (including phenoxy) is 4. The molecule has 1 aliphatic heterocycles. The van der Waals surface area contributed by atoms with Crippen LogP contribution in [0.3, 0.4) is 0 Å². The normalized spacial score (nSPS) is 35.4. The van der Waals surface area contributed by atoms with Gasteiger partial charge in [-0.15, -0.1) is 0 Å². The van der Waals surface area contributed by atoms with Crippen molar-refractivity contribution in [3.05, 3.63) is 47.0 Å². The molecule has 0 spiro atoms. The summed E-state index contributed by atoms with van der Waals surface area (Å²) in [4.78, 5) is 54.5. The molecule has 1 heterocycles. The molecular formula is C37H51Ac2NO13. The summed E-state index contributed by atoms with van der Waals surface area (Å²) < 4.78 is 22.8. The van der Waals surface area contributed by atoms with Crippen molar-refractivity contribution >= 4 is 23.8 Å². The third-order valence-electron chi connectivity index (χ3n) is 11.8. The van der Waals surface area contributed by atoms with Gasteiger partial charge in [-0.3, -0.25) is 4.79 Å². The zero-order chi connectivity index (χ0) is 38.0. The van der Waals surface area contributed by atoms with E-state index in [2.05, 4.69) is 5.32 Å². The van der Waals surface area contributed by atoms with Gasteiger partial charge in [-0.05, 0) is 56.9 Å². The molecule has 1 aromatic carbocycles. The van der Waals surface area contributed by atoms with E-state index in [1.807, 2.05) is 0 Å². The van der Waals surface area contributed by atoms with Gasteiger partial charge in [0.25, 0.3) is 0 Å². The van der Waals surface area contributed by atoms with Crippen LogP contribution in [0.5, 0.6) is 0 Å². The first kappa shape index (κ1) is 46.9. The van der Waals surface area contributed by atoms with Crippen molar-refractivity contribution in [3.63, 3.8) is 0 Å². The smallest absolute Gasteiger partial charge is 0.407 e. The summed E-state index contributed by atoms with van der Waals surface area (Å²) in [5.41, 5.74) is -7.41. The maximum atomic E-state index is 14.6. The van der Waals surface area contributed by atoms with Crippen LogP contribution in [0, 0.1) is 111 Å². The molecule has 1 unspecified atom stereocenters. The summed E-state index contributed by atoms with van der Waals surface area (Å²) in [6, 6.07) is 6.75. The van der Waals surface area contributed by atoms with Crippen LogP contribution in [-0.2, 0) is 28.5 Å². The van der Waals surface area contributed by atoms with Gasteiger partial charge >= 0.3 is 18.0 Å². The third-order valence-corrected chi connectivity index (χ3v) is 11.8. The summed E-state index contributed by atoms with van der Waals surface area (Å²) in [6.45, 7) is 12.3. The van der Waals surface area contributed by atoms with Gasteiger partial charge in [0.2, 0.25) is 0 Å². The maximum Gasteiger partial charge on any atom is 0.407 e. The average molecular weight is 1170 g/mol. The first-order valence-corrected chi connectivity index (χ1v) is 17.4. The Morgan fingerprint density at radius 2 is 1.58 bits per heavy atom. The van der Waals surface area contributed by atoms with Crippen molar-refractivity contribution in [1.82, 2.24) is 5.32 Å². The van der Waals surface area contributed by atoms with Crippen LogP contribution in [0.4, 0.5) is 4.79 Å². The van der Waals surface area contributed by atoms with Gasteiger partial charge in [0, 0.05) is 112 Å². The van der Waals surface area contributed by atoms with Crippen LogP contribution >= 0.6 is 0 Å².